The lowest BCUT2D eigenvalue weighted by Gasteiger charge is -1.98. The number of carbonyl (C=O) groups excluding carboxylic acids is 1. The number of unbranched alkanes of at least 4 members (excludes halogenated alkanes) is 4. The molecule has 3 heteroatoms. The maximum absolute atomic E-state index is 11.8. The molecule has 16 heavy (non-hydrogen) atoms. The third-order valence-corrected chi connectivity index (χ3v) is 4.82. The highest BCUT2D eigenvalue weighted by Crippen LogP contribution is 2.28. The number of Topliss-reactive ketones (excluding diaryl/α,β-unsaturated/α-hetero) is 1. The number of hydrogen-bond donors (Lipinski definition) is 0. The summed E-state index contributed by atoms with van der Waals surface area (Å²) in [6.07, 6.45) is 6.73. The van der Waals surface area contributed by atoms with Gasteiger partial charge in [-0.15, -0.1) is 11.3 Å². The van der Waals surface area contributed by atoms with Gasteiger partial charge in [0.15, 0.2) is 5.78 Å². The monoisotopic (exact) mass is 302 g/mol. The van der Waals surface area contributed by atoms with Gasteiger partial charge in [-0.1, -0.05) is 32.6 Å². The van der Waals surface area contributed by atoms with Crippen molar-refractivity contribution < 1.29 is 4.79 Å². The van der Waals surface area contributed by atoms with E-state index in [9.17, 15) is 4.79 Å². The summed E-state index contributed by atoms with van der Waals surface area (Å²) in [6, 6.07) is 1.99. The summed E-state index contributed by atoms with van der Waals surface area (Å²) >= 11 is 5.01. The lowest BCUT2D eigenvalue weighted by Crippen LogP contribution is -1.95. The molecular weight excluding hydrogens is 284 g/mol. The van der Waals surface area contributed by atoms with E-state index in [0.717, 1.165) is 15.1 Å². The normalized spacial score (nSPS) is 10.7. The van der Waals surface area contributed by atoms with Crippen molar-refractivity contribution in [3.05, 3.63) is 20.3 Å². The van der Waals surface area contributed by atoms with Gasteiger partial charge in [-0.25, -0.2) is 0 Å². The van der Waals surface area contributed by atoms with Crippen LogP contribution in [0.1, 0.15) is 60.7 Å². The van der Waals surface area contributed by atoms with Crippen LogP contribution in [-0.4, -0.2) is 5.78 Å². The van der Waals surface area contributed by atoms with E-state index in [1.165, 1.54) is 31.2 Å². The third-order valence-electron chi connectivity index (χ3n) is 2.64. The predicted octanol–water partition coefficient (Wildman–Crippen LogP) is 5.36. The van der Waals surface area contributed by atoms with Gasteiger partial charge in [-0.3, -0.25) is 4.79 Å². The number of rotatable bonds is 7. The number of hydrogen-bond acceptors (Lipinski definition) is 2. The van der Waals surface area contributed by atoms with Crippen molar-refractivity contribution in [3.63, 3.8) is 0 Å². The quantitative estimate of drug-likeness (QED) is 0.489. The first kappa shape index (κ1) is 13.9. The second-order valence-corrected chi connectivity index (χ2v) is 6.52. The fourth-order valence-corrected chi connectivity index (χ4v) is 3.11. The average molecular weight is 303 g/mol. The molecule has 0 unspecified atom stereocenters. The van der Waals surface area contributed by atoms with Crippen LogP contribution in [0.25, 0.3) is 0 Å². The molecule has 90 valence electrons. The predicted molar refractivity (Wildman–Crippen MR) is 74.5 cm³/mol. The minimum absolute atomic E-state index is 0.301. The van der Waals surface area contributed by atoms with Crippen LogP contribution in [0.3, 0.4) is 0 Å². The zero-order chi connectivity index (χ0) is 12.0. The topological polar surface area (TPSA) is 17.1 Å². The lowest BCUT2D eigenvalue weighted by molar-refractivity contribution is 0.0983. The summed E-state index contributed by atoms with van der Waals surface area (Å²) in [5.74, 6) is 0.301. The summed E-state index contributed by atoms with van der Waals surface area (Å²) in [5.41, 5.74) is 1.17. The SMILES string of the molecule is CCCCCCCC(=O)c1cc(C)c(Br)s1. The Morgan fingerprint density at radius 1 is 1.31 bits per heavy atom. The van der Waals surface area contributed by atoms with E-state index in [4.69, 9.17) is 0 Å². The number of thiophene rings is 1. The van der Waals surface area contributed by atoms with Gasteiger partial charge in [0.05, 0.1) is 8.66 Å². The van der Waals surface area contributed by atoms with Crippen molar-refractivity contribution in [2.24, 2.45) is 0 Å². The van der Waals surface area contributed by atoms with Crippen LogP contribution in [0.5, 0.6) is 0 Å². The van der Waals surface area contributed by atoms with Crippen LogP contribution >= 0.6 is 27.3 Å². The average Bonchev–Trinajstić information content (AvgIpc) is 2.59. The summed E-state index contributed by atoms with van der Waals surface area (Å²) < 4.78 is 1.09. The van der Waals surface area contributed by atoms with Gasteiger partial charge in [0, 0.05) is 6.42 Å². The highest BCUT2D eigenvalue weighted by molar-refractivity contribution is 9.11. The van der Waals surface area contributed by atoms with E-state index in [1.807, 2.05) is 13.0 Å². The van der Waals surface area contributed by atoms with Crippen molar-refractivity contribution >= 4 is 33.0 Å². The standard InChI is InChI=1S/C13H19BrOS/c1-3-4-5-6-7-8-11(15)12-9-10(2)13(14)16-12/h9H,3-8H2,1-2H3. The Bertz CT molecular complexity index is 324. The Balaban J connectivity index is 2.30. The molecular formula is C13H19BrOS. The molecule has 0 saturated carbocycles. The molecule has 1 heterocycles. The molecule has 0 N–H and O–H groups in total. The summed E-state index contributed by atoms with van der Waals surface area (Å²) in [6.45, 7) is 4.23. The molecule has 0 saturated heterocycles. The maximum Gasteiger partial charge on any atom is 0.172 e. The first-order valence-electron chi connectivity index (χ1n) is 5.94. The van der Waals surface area contributed by atoms with Gasteiger partial charge in [-0.2, -0.15) is 0 Å². The Morgan fingerprint density at radius 3 is 2.56 bits per heavy atom. The highest BCUT2D eigenvalue weighted by atomic mass is 79.9. The maximum atomic E-state index is 11.8. The van der Waals surface area contributed by atoms with Crippen LogP contribution in [0.15, 0.2) is 9.85 Å². The molecule has 0 radical (unpaired) electrons. The third kappa shape index (κ3) is 4.38. The van der Waals surface area contributed by atoms with Gasteiger partial charge < -0.3 is 0 Å². The Morgan fingerprint density at radius 2 is 2.00 bits per heavy atom. The van der Waals surface area contributed by atoms with Crippen molar-refractivity contribution in [1.82, 2.24) is 0 Å². The van der Waals surface area contributed by atoms with Gasteiger partial charge in [-0.05, 0) is 40.9 Å². The largest absolute Gasteiger partial charge is 0.293 e. The molecule has 0 amide bonds. The van der Waals surface area contributed by atoms with Crippen molar-refractivity contribution in [3.8, 4) is 0 Å². The zero-order valence-corrected chi connectivity index (χ0v) is 12.4. The van der Waals surface area contributed by atoms with Crippen molar-refractivity contribution in [2.75, 3.05) is 0 Å². The molecule has 0 bridgehead atoms. The number of carbonyl (C=O) groups is 1. The van der Waals surface area contributed by atoms with E-state index >= 15 is 0 Å². The highest BCUT2D eigenvalue weighted by Gasteiger charge is 2.10. The fraction of sp³-hybridized carbons (Fsp3) is 0.615. The number of halogens is 1. The van der Waals surface area contributed by atoms with E-state index in [0.29, 0.717) is 12.2 Å². The number of ketones is 1. The fourth-order valence-electron chi connectivity index (χ4n) is 1.61. The van der Waals surface area contributed by atoms with E-state index in [1.54, 1.807) is 11.3 Å². The second-order valence-electron chi connectivity index (χ2n) is 4.15. The van der Waals surface area contributed by atoms with Crippen LogP contribution in [0.2, 0.25) is 0 Å². The minimum atomic E-state index is 0.301. The first-order chi connectivity index (χ1) is 7.65. The second kappa shape index (κ2) is 7.23. The molecule has 0 aliphatic rings. The van der Waals surface area contributed by atoms with Crippen molar-refractivity contribution in [1.29, 1.82) is 0 Å². The smallest absolute Gasteiger partial charge is 0.172 e. The first-order valence-corrected chi connectivity index (χ1v) is 7.55. The lowest BCUT2D eigenvalue weighted by atomic mass is 10.1. The van der Waals surface area contributed by atoms with Crippen LogP contribution in [0, 0.1) is 6.92 Å². The van der Waals surface area contributed by atoms with Gasteiger partial charge >= 0.3 is 0 Å². The Hall–Kier alpha value is -0.150. The molecule has 0 spiro atoms. The summed E-state index contributed by atoms with van der Waals surface area (Å²) in [7, 11) is 0. The molecule has 1 rings (SSSR count). The van der Waals surface area contributed by atoms with E-state index < -0.39 is 0 Å². The zero-order valence-electron chi connectivity index (χ0n) is 10.0. The Kier molecular flexibility index (Phi) is 6.29. The molecule has 1 aromatic heterocycles. The molecule has 1 aromatic rings. The molecule has 0 fully saturated rings. The van der Waals surface area contributed by atoms with Gasteiger partial charge in [0.1, 0.15) is 0 Å². The summed E-state index contributed by atoms with van der Waals surface area (Å²) in [5, 5.41) is 0. The van der Waals surface area contributed by atoms with Crippen molar-refractivity contribution in [2.45, 2.75) is 52.4 Å². The molecule has 1 nitrogen and oxygen atoms in total. The molecule has 0 aromatic carbocycles. The molecule has 0 atom stereocenters. The summed E-state index contributed by atoms with van der Waals surface area (Å²) in [4.78, 5) is 12.7. The van der Waals surface area contributed by atoms with Gasteiger partial charge in [0.2, 0.25) is 0 Å². The van der Waals surface area contributed by atoms with Gasteiger partial charge in [0.25, 0.3) is 0 Å². The van der Waals surface area contributed by atoms with Crippen LogP contribution < -0.4 is 0 Å². The van der Waals surface area contributed by atoms with E-state index in [2.05, 4.69) is 22.9 Å². The van der Waals surface area contributed by atoms with E-state index in [-0.39, 0.29) is 0 Å². The molecule has 0 aliphatic heterocycles. The van der Waals surface area contributed by atoms with Crippen LogP contribution in [-0.2, 0) is 0 Å². The Labute approximate surface area is 110 Å². The molecule has 0 aliphatic carbocycles. The number of aryl methyl sites for hydroxylation is 1. The minimum Gasteiger partial charge on any atom is -0.293 e. The van der Waals surface area contributed by atoms with Crippen LogP contribution in [0.4, 0.5) is 0 Å².